The van der Waals surface area contributed by atoms with Crippen LogP contribution >= 0.6 is 0 Å². The number of fused-ring (bicyclic) bond motifs is 1. The summed E-state index contributed by atoms with van der Waals surface area (Å²) in [6.07, 6.45) is 0. The van der Waals surface area contributed by atoms with Crippen molar-refractivity contribution in [1.82, 2.24) is 9.97 Å². The van der Waals surface area contributed by atoms with Crippen LogP contribution in [0.4, 0.5) is 11.8 Å². The zero-order valence-corrected chi connectivity index (χ0v) is 12.1. The summed E-state index contributed by atoms with van der Waals surface area (Å²) in [5.41, 5.74) is 0.904. The standard InChI is InChI=1S/C15H20N4O2/c1-2-16-15-17-13-6-4-3-5-12(13)14(18-15)19-7-8-21-10-11(19)9-20/h3-6,11,20H,2,7-10H2,1H3,(H,16,17,18). The molecular formula is C15H20N4O2. The highest BCUT2D eigenvalue weighted by atomic mass is 16.5. The molecule has 112 valence electrons. The van der Waals surface area contributed by atoms with E-state index in [-0.39, 0.29) is 12.6 Å². The normalized spacial score (nSPS) is 19.0. The van der Waals surface area contributed by atoms with Crippen molar-refractivity contribution in [2.24, 2.45) is 0 Å². The lowest BCUT2D eigenvalue weighted by atomic mass is 10.2. The molecule has 1 aromatic heterocycles. The van der Waals surface area contributed by atoms with Crippen molar-refractivity contribution in [3.8, 4) is 0 Å². The van der Waals surface area contributed by atoms with Gasteiger partial charge in [-0.25, -0.2) is 4.98 Å². The molecular weight excluding hydrogens is 268 g/mol. The molecule has 0 radical (unpaired) electrons. The first-order chi connectivity index (χ1) is 10.3. The van der Waals surface area contributed by atoms with Crippen molar-refractivity contribution in [2.45, 2.75) is 13.0 Å². The summed E-state index contributed by atoms with van der Waals surface area (Å²) in [4.78, 5) is 11.3. The third-order valence-electron chi connectivity index (χ3n) is 3.63. The van der Waals surface area contributed by atoms with Gasteiger partial charge < -0.3 is 20.1 Å². The van der Waals surface area contributed by atoms with Crippen LogP contribution in [0, 0.1) is 0 Å². The molecule has 1 aliphatic rings. The minimum atomic E-state index is -0.0634. The molecule has 0 saturated carbocycles. The molecule has 6 nitrogen and oxygen atoms in total. The molecule has 21 heavy (non-hydrogen) atoms. The predicted molar refractivity (Wildman–Crippen MR) is 82.7 cm³/mol. The maximum Gasteiger partial charge on any atom is 0.225 e. The zero-order valence-electron chi connectivity index (χ0n) is 12.1. The fraction of sp³-hybridized carbons (Fsp3) is 0.467. The molecule has 2 aromatic rings. The van der Waals surface area contributed by atoms with Gasteiger partial charge in [0.15, 0.2) is 0 Å². The first-order valence-electron chi connectivity index (χ1n) is 7.29. The van der Waals surface area contributed by atoms with E-state index in [4.69, 9.17) is 4.74 Å². The minimum absolute atomic E-state index is 0.0505. The number of hydrogen-bond acceptors (Lipinski definition) is 6. The van der Waals surface area contributed by atoms with Crippen molar-refractivity contribution in [3.63, 3.8) is 0 Å². The maximum absolute atomic E-state index is 9.59. The van der Waals surface area contributed by atoms with E-state index in [1.807, 2.05) is 31.2 Å². The number of nitrogens with zero attached hydrogens (tertiary/aromatic N) is 3. The Morgan fingerprint density at radius 2 is 2.24 bits per heavy atom. The minimum Gasteiger partial charge on any atom is -0.394 e. The van der Waals surface area contributed by atoms with Gasteiger partial charge in [0.05, 0.1) is 31.4 Å². The van der Waals surface area contributed by atoms with E-state index in [0.29, 0.717) is 19.2 Å². The molecule has 1 atom stereocenters. The van der Waals surface area contributed by atoms with Crippen LogP contribution in [0.2, 0.25) is 0 Å². The highest BCUT2D eigenvalue weighted by molar-refractivity contribution is 5.90. The van der Waals surface area contributed by atoms with Gasteiger partial charge in [-0.3, -0.25) is 0 Å². The zero-order chi connectivity index (χ0) is 14.7. The maximum atomic E-state index is 9.59. The van der Waals surface area contributed by atoms with Gasteiger partial charge in [-0.15, -0.1) is 0 Å². The summed E-state index contributed by atoms with van der Waals surface area (Å²) < 4.78 is 5.45. The Bertz CT molecular complexity index is 620. The molecule has 2 N–H and O–H groups in total. The van der Waals surface area contributed by atoms with Gasteiger partial charge >= 0.3 is 0 Å². The van der Waals surface area contributed by atoms with E-state index >= 15 is 0 Å². The number of rotatable bonds is 4. The fourth-order valence-corrected chi connectivity index (χ4v) is 2.60. The second-order valence-corrected chi connectivity index (χ2v) is 5.02. The van der Waals surface area contributed by atoms with E-state index in [2.05, 4.69) is 20.2 Å². The van der Waals surface area contributed by atoms with Gasteiger partial charge in [-0.1, -0.05) is 12.1 Å². The lowest BCUT2D eigenvalue weighted by Gasteiger charge is -2.36. The van der Waals surface area contributed by atoms with Crippen molar-refractivity contribution in [3.05, 3.63) is 24.3 Å². The van der Waals surface area contributed by atoms with Crippen molar-refractivity contribution < 1.29 is 9.84 Å². The summed E-state index contributed by atoms with van der Waals surface area (Å²) in [6, 6.07) is 7.89. The highest BCUT2D eigenvalue weighted by Gasteiger charge is 2.25. The quantitative estimate of drug-likeness (QED) is 0.882. The number of benzene rings is 1. The molecule has 6 heteroatoms. The van der Waals surface area contributed by atoms with E-state index in [1.165, 1.54) is 0 Å². The number of aliphatic hydroxyl groups is 1. The lowest BCUT2D eigenvalue weighted by Crippen LogP contribution is -2.48. The van der Waals surface area contributed by atoms with E-state index in [9.17, 15) is 5.11 Å². The van der Waals surface area contributed by atoms with E-state index < -0.39 is 0 Å². The number of aromatic nitrogens is 2. The molecule has 1 fully saturated rings. The first kappa shape index (κ1) is 14.0. The fourth-order valence-electron chi connectivity index (χ4n) is 2.60. The number of para-hydroxylation sites is 1. The van der Waals surface area contributed by atoms with Gasteiger partial charge in [-0.2, -0.15) is 4.98 Å². The summed E-state index contributed by atoms with van der Waals surface area (Å²) in [7, 11) is 0. The van der Waals surface area contributed by atoms with Gasteiger partial charge in [0.1, 0.15) is 5.82 Å². The molecule has 1 unspecified atom stereocenters. The summed E-state index contributed by atoms with van der Waals surface area (Å²) in [6.45, 7) is 4.72. The second kappa shape index (κ2) is 6.24. The molecule has 0 amide bonds. The Morgan fingerprint density at radius 3 is 3.05 bits per heavy atom. The number of aliphatic hydroxyl groups excluding tert-OH is 1. The average Bonchev–Trinajstić information content (AvgIpc) is 2.54. The van der Waals surface area contributed by atoms with Crippen LogP contribution in [0.5, 0.6) is 0 Å². The number of nitrogens with one attached hydrogen (secondary N) is 1. The number of anilines is 2. The molecule has 0 spiro atoms. The molecule has 0 bridgehead atoms. The van der Waals surface area contributed by atoms with Crippen LogP contribution in [0.1, 0.15) is 6.92 Å². The van der Waals surface area contributed by atoms with Gasteiger partial charge in [0.25, 0.3) is 0 Å². The Labute approximate surface area is 123 Å². The monoisotopic (exact) mass is 288 g/mol. The SMILES string of the molecule is CCNc1nc(N2CCOCC2CO)c2ccccc2n1. The van der Waals surface area contributed by atoms with Crippen LogP contribution in [0.15, 0.2) is 24.3 Å². The van der Waals surface area contributed by atoms with Crippen LogP contribution in [-0.4, -0.2) is 54.0 Å². The van der Waals surface area contributed by atoms with Crippen LogP contribution < -0.4 is 10.2 Å². The molecule has 2 heterocycles. The largest absolute Gasteiger partial charge is 0.394 e. The molecule has 1 aromatic carbocycles. The Morgan fingerprint density at radius 1 is 1.38 bits per heavy atom. The Hall–Kier alpha value is -1.92. The third kappa shape index (κ3) is 2.77. The van der Waals surface area contributed by atoms with Crippen molar-refractivity contribution >= 4 is 22.7 Å². The predicted octanol–water partition coefficient (Wildman–Crippen LogP) is 1.26. The summed E-state index contributed by atoms with van der Waals surface area (Å²) in [5.74, 6) is 1.48. The number of morpholine rings is 1. The summed E-state index contributed by atoms with van der Waals surface area (Å²) in [5, 5.41) is 13.8. The van der Waals surface area contributed by atoms with Gasteiger partial charge in [0.2, 0.25) is 5.95 Å². The van der Waals surface area contributed by atoms with Crippen LogP contribution in [-0.2, 0) is 4.74 Å². The van der Waals surface area contributed by atoms with Crippen LogP contribution in [0.25, 0.3) is 10.9 Å². The van der Waals surface area contributed by atoms with E-state index in [1.54, 1.807) is 0 Å². The van der Waals surface area contributed by atoms with Crippen molar-refractivity contribution in [1.29, 1.82) is 0 Å². The average molecular weight is 288 g/mol. The lowest BCUT2D eigenvalue weighted by molar-refractivity contribution is 0.0724. The van der Waals surface area contributed by atoms with Crippen LogP contribution in [0.3, 0.4) is 0 Å². The molecule has 1 saturated heterocycles. The van der Waals surface area contributed by atoms with E-state index in [0.717, 1.165) is 29.8 Å². The Balaban J connectivity index is 2.10. The second-order valence-electron chi connectivity index (χ2n) is 5.02. The molecule has 0 aliphatic carbocycles. The molecule has 3 rings (SSSR count). The van der Waals surface area contributed by atoms with Crippen molar-refractivity contribution in [2.75, 3.05) is 43.1 Å². The molecule has 1 aliphatic heterocycles. The summed E-state index contributed by atoms with van der Waals surface area (Å²) >= 11 is 0. The number of ether oxygens (including phenoxy) is 1. The topological polar surface area (TPSA) is 70.5 Å². The first-order valence-corrected chi connectivity index (χ1v) is 7.29. The smallest absolute Gasteiger partial charge is 0.225 e. The van der Waals surface area contributed by atoms with Gasteiger partial charge in [-0.05, 0) is 19.1 Å². The van der Waals surface area contributed by atoms with Gasteiger partial charge in [0, 0.05) is 18.5 Å². The highest BCUT2D eigenvalue weighted by Crippen LogP contribution is 2.27. The number of hydrogen-bond donors (Lipinski definition) is 2. The Kier molecular flexibility index (Phi) is 4.17. The third-order valence-corrected chi connectivity index (χ3v) is 3.63.